The molecule has 90 valence electrons. The number of nitrogens with one attached hydrogen (secondary N) is 2. The van der Waals surface area contributed by atoms with Crippen molar-refractivity contribution in [1.29, 1.82) is 0 Å². The van der Waals surface area contributed by atoms with Crippen LogP contribution in [0.5, 0.6) is 0 Å². The molecule has 7 heteroatoms. The summed E-state index contributed by atoms with van der Waals surface area (Å²) in [6.07, 6.45) is 1.59. The fourth-order valence-electron chi connectivity index (χ4n) is 1.57. The van der Waals surface area contributed by atoms with E-state index in [1.165, 1.54) is 0 Å². The van der Waals surface area contributed by atoms with E-state index in [1.807, 2.05) is 6.92 Å². The van der Waals surface area contributed by atoms with Gasteiger partial charge < -0.3 is 10.2 Å². The molecule has 0 aliphatic carbocycles. The van der Waals surface area contributed by atoms with Gasteiger partial charge in [-0.2, -0.15) is 4.98 Å². The van der Waals surface area contributed by atoms with Crippen molar-refractivity contribution in [2.45, 2.75) is 6.92 Å². The van der Waals surface area contributed by atoms with E-state index in [-0.39, 0.29) is 24.9 Å². The number of piperazine rings is 1. The Bertz CT molecular complexity index is 432. The lowest BCUT2D eigenvalue weighted by molar-refractivity contribution is -0.130. The maximum Gasteiger partial charge on any atom is 0.246 e. The lowest BCUT2D eigenvalue weighted by Crippen LogP contribution is -2.51. The molecule has 7 nitrogen and oxygen atoms in total. The minimum absolute atomic E-state index is 0.133. The van der Waals surface area contributed by atoms with Gasteiger partial charge in [0.2, 0.25) is 17.8 Å². The summed E-state index contributed by atoms with van der Waals surface area (Å²) in [5.74, 6) is 0.428. The Balaban J connectivity index is 2.18. The number of amides is 2. The molecule has 1 fully saturated rings. The van der Waals surface area contributed by atoms with E-state index < -0.39 is 0 Å². The molecule has 0 aromatic carbocycles. The number of carbonyl (C=O) groups excluding carboxylic acids is 2. The van der Waals surface area contributed by atoms with Crippen molar-refractivity contribution in [3.05, 3.63) is 12.3 Å². The zero-order chi connectivity index (χ0) is 12.3. The van der Waals surface area contributed by atoms with Crippen LogP contribution in [-0.2, 0) is 9.59 Å². The molecule has 0 saturated carbocycles. The van der Waals surface area contributed by atoms with Crippen LogP contribution in [-0.4, -0.2) is 41.4 Å². The largest absolute Gasteiger partial charge is 0.354 e. The lowest BCUT2D eigenvalue weighted by atomic mass is 10.3. The second-order valence-electron chi connectivity index (χ2n) is 3.60. The van der Waals surface area contributed by atoms with E-state index in [2.05, 4.69) is 20.6 Å². The van der Waals surface area contributed by atoms with E-state index in [1.54, 1.807) is 17.2 Å². The summed E-state index contributed by atoms with van der Waals surface area (Å²) in [5.41, 5.74) is 0. The number of hydrogen-bond donors (Lipinski definition) is 2. The average molecular weight is 235 g/mol. The highest BCUT2D eigenvalue weighted by atomic mass is 16.2. The molecule has 2 rings (SSSR count). The van der Waals surface area contributed by atoms with Gasteiger partial charge in [0.1, 0.15) is 5.82 Å². The van der Waals surface area contributed by atoms with Crippen molar-refractivity contribution in [1.82, 2.24) is 15.3 Å². The van der Waals surface area contributed by atoms with Crippen molar-refractivity contribution in [3.8, 4) is 0 Å². The van der Waals surface area contributed by atoms with Gasteiger partial charge in [-0.3, -0.25) is 14.9 Å². The first-order chi connectivity index (χ1) is 8.19. The summed E-state index contributed by atoms with van der Waals surface area (Å²) in [4.78, 5) is 32.3. The van der Waals surface area contributed by atoms with Crippen molar-refractivity contribution < 1.29 is 9.59 Å². The van der Waals surface area contributed by atoms with Crippen LogP contribution < -0.4 is 15.5 Å². The summed E-state index contributed by atoms with van der Waals surface area (Å²) in [7, 11) is 0. The Morgan fingerprint density at radius 1 is 1.41 bits per heavy atom. The topological polar surface area (TPSA) is 87.2 Å². The number of anilines is 2. The molecule has 1 aromatic heterocycles. The van der Waals surface area contributed by atoms with Gasteiger partial charge in [0.05, 0.1) is 13.1 Å². The first kappa shape index (κ1) is 11.3. The summed E-state index contributed by atoms with van der Waals surface area (Å²) >= 11 is 0. The van der Waals surface area contributed by atoms with Crippen molar-refractivity contribution in [2.24, 2.45) is 0 Å². The fraction of sp³-hybridized carbons (Fsp3) is 0.400. The SMILES string of the molecule is CCNc1nccc(N2CC(=O)NC(=O)C2)n1. The lowest BCUT2D eigenvalue weighted by Gasteiger charge is -2.26. The molecule has 0 unspecified atom stereocenters. The van der Waals surface area contributed by atoms with Crippen LogP contribution in [0.25, 0.3) is 0 Å². The molecule has 0 atom stereocenters. The Kier molecular flexibility index (Phi) is 3.17. The highest BCUT2D eigenvalue weighted by Gasteiger charge is 2.23. The number of imide groups is 1. The zero-order valence-electron chi connectivity index (χ0n) is 9.43. The molecule has 0 radical (unpaired) electrons. The minimum Gasteiger partial charge on any atom is -0.354 e. The second-order valence-corrected chi connectivity index (χ2v) is 3.60. The summed E-state index contributed by atoms with van der Waals surface area (Å²) in [6.45, 7) is 2.92. The van der Waals surface area contributed by atoms with Crippen LogP contribution >= 0.6 is 0 Å². The average Bonchev–Trinajstić information content (AvgIpc) is 2.28. The first-order valence-corrected chi connectivity index (χ1v) is 5.33. The Morgan fingerprint density at radius 3 is 2.76 bits per heavy atom. The molecule has 1 aliphatic rings. The third-order valence-corrected chi connectivity index (χ3v) is 2.25. The fourth-order valence-corrected chi connectivity index (χ4v) is 1.57. The molecular weight excluding hydrogens is 222 g/mol. The molecule has 1 aliphatic heterocycles. The van der Waals surface area contributed by atoms with E-state index in [0.717, 1.165) is 0 Å². The van der Waals surface area contributed by atoms with E-state index in [9.17, 15) is 9.59 Å². The van der Waals surface area contributed by atoms with Gasteiger partial charge in [0.25, 0.3) is 0 Å². The van der Waals surface area contributed by atoms with Gasteiger partial charge in [-0.15, -0.1) is 0 Å². The monoisotopic (exact) mass is 235 g/mol. The van der Waals surface area contributed by atoms with Gasteiger partial charge in [-0.05, 0) is 13.0 Å². The smallest absolute Gasteiger partial charge is 0.246 e. The van der Waals surface area contributed by atoms with Crippen molar-refractivity contribution in [3.63, 3.8) is 0 Å². The van der Waals surface area contributed by atoms with Crippen LogP contribution in [0.4, 0.5) is 11.8 Å². The minimum atomic E-state index is -0.315. The Morgan fingerprint density at radius 2 is 2.12 bits per heavy atom. The predicted octanol–water partition coefficient (Wildman–Crippen LogP) is -0.629. The van der Waals surface area contributed by atoms with Crippen LogP contribution in [0, 0.1) is 0 Å². The van der Waals surface area contributed by atoms with Crippen LogP contribution in [0.15, 0.2) is 12.3 Å². The third kappa shape index (κ3) is 2.68. The highest BCUT2D eigenvalue weighted by molar-refractivity contribution is 6.02. The van der Waals surface area contributed by atoms with Crippen LogP contribution in [0.3, 0.4) is 0 Å². The standard InChI is InChI=1S/C10H13N5O2/c1-2-11-10-12-4-3-7(13-10)15-5-8(16)14-9(17)6-15/h3-4H,2,5-6H2,1H3,(H,11,12,13)(H,14,16,17). The molecule has 0 spiro atoms. The van der Waals surface area contributed by atoms with E-state index in [0.29, 0.717) is 18.3 Å². The summed E-state index contributed by atoms with van der Waals surface area (Å²) in [6, 6.07) is 1.67. The molecule has 1 saturated heterocycles. The molecule has 2 amide bonds. The van der Waals surface area contributed by atoms with Crippen molar-refractivity contribution >= 4 is 23.6 Å². The number of aromatic nitrogens is 2. The van der Waals surface area contributed by atoms with Gasteiger partial charge >= 0.3 is 0 Å². The molecule has 0 bridgehead atoms. The maximum absolute atomic E-state index is 11.2. The number of rotatable bonds is 3. The second kappa shape index (κ2) is 4.77. The van der Waals surface area contributed by atoms with Gasteiger partial charge in [-0.1, -0.05) is 0 Å². The summed E-state index contributed by atoms with van der Waals surface area (Å²) in [5, 5.41) is 5.22. The molecular formula is C10H13N5O2. The van der Waals surface area contributed by atoms with Gasteiger partial charge in [-0.25, -0.2) is 4.98 Å². The van der Waals surface area contributed by atoms with Crippen LogP contribution in [0.1, 0.15) is 6.92 Å². The quantitative estimate of drug-likeness (QED) is 0.678. The third-order valence-electron chi connectivity index (χ3n) is 2.25. The zero-order valence-corrected chi connectivity index (χ0v) is 9.43. The number of carbonyl (C=O) groups is 2. The molecule has 17 heavy (non-hydrogen) atoms. The Labute approximate surface area is 98.2 Å². The number of nitrogens with zero attached hydrogens (tertiary/aromatic N) is 3. The number of hydrogen-bond acceptors (Lipinski definition) is 6. The first-order valence-electron chi connectivity index (χ1n) is 5.33. The van der Waals surface area contributed by atoms with E-state index in [4.69, 9.17) is 0 Å². The highest BCUT2D eigenvalue weighted by Crippen LogP contribution is 2.12. The summed E-state index contributed by atoms with van der Waals surface area (Å²) < 4.78 is 0. The molecule has 2 heterocycles. The van der Waals surface area contributed by atoms with E-state index >= 15 is 0 Å². The van der Waals surface area contributed by atoms with Gasteiger partial charge in [0.15, 0.2) is 0 Å². The van der Waals surface area contributed by atoms with Gasteiger partial charge in [0, 0.05) is 12.7 Å². The molecule has 2 N–H and O–H groups in total. The Hall–Kier alpha value is -2.18. The molecule has 1 aromatic rings. The predicted molar refractivity (Wildman–Crippen MR) is 61.6 cm³/mol. The van der Waals surface area contributed by atoms with Crippen LogP contribution in [0.2, 0.25) is 0 Å². The normalized spacial score (nSPS) is 15.7. The van der Waals surface area contributed by atoms with Crippen molar-refractivity contribution in [2.75, 3.05) is 29.9 Å². The maximum atomic E-state index is 11.2.